The van der Waals surface area contributed by atoms with Crippen molar-refractivity contribution in [3.63, 3.8) is 0 Å². The zero-order chi connectivity index (χ0) is 6.15. The molecule has 1 rings (SSSR count). The van der Waals surface area contributed by atoms with Gasteiger partial charge in [-0.1, -0.05) is 13.8 Å². The van der Waals surface area contributed by atoms with Crippen LogP contribution in [-0.2, 0) is 0 Å². The van der Waals surface area contributed by atoms with Crippen LogP contribution in [0, 0.1) is 17.8 Å². The fourth-order valence-electron chi connectivity index (χ4n) is 1.13. The SMILES string of the molecule is CC(CN)[C-]1CC1C. The highest BCUT2D eigenvalue weighted by Gasteiger charge is 2.18. The maximum absolute atomic E-state index is 5.45. The van der Waals surface area contributed by atoms with Crippen LogP contribution in [0.15, 0.2) is 0 Å². The van der Waals surface area contributed by atoms with E-state index in [2.05, 4.69) is 13.8 Å². The second kappa shape index (κ2) is 2.06. The molecule has 0 heterocycles. The molecule has 0 aromatic heterocycles. The Balaban J connectivity index is 2.18. The van der Waals surface area contributed by atoms with Crippen LogP contribution in [0.3, 0.4) is 0 Å². The number of hydrogen-bond donors (Lipinski definition) is 1. The van der Waals surface area contributed by atoms with E-state index >= 15 is 0 Å². The molecule has 2 N–H and O–H groups in total. The van der Waals surface area contributed by atoms with E-state index in [0.717, 1.165) is 12.5 Å². The van der Waals surface area contributed by atoms with E-state index in [0.29, 0.717) is 5.92 Å². The third-order valence-electron chi connectivity index (χ3n) is 2.00. The fraction of sp³-hybridized carbons (Fsp3) is 0.857. The van der Waals surface area contributed by atoms with Gasteiger partial charge in [-0.2, -0.15) is 11.8 Å². The van der Waals surface area contributed by atoms with E-state index in [9.17, 15) is 0 Å². The largest absolute Gasteiger partial charge is 0.333 e. The summed E-state index contributed by atoms with van der Waals surface area (Å²) in [4.78, 5) is 0. The second-order valence-corrected chi connectivity index (χ2v) is 2.82. The molecule has 0 bridgehead atoms. The van der Waals surface area contributed by atoms with Crippen molar-refractivity contribution in [2.75, 3.05) is 6.54 Å². The zero-order valence-electron chi connectivity index (χ0n) is 5.65. The average Bonchev–Trinajstić information content (AvgIpc) is 2.45. The number of hydrogen-bond acceptors (Lipinski definition) is 1. The van der Waals surface area contributed by atoms with Crippen LogP contribution in [0.25, 0.3) is 0 Å². The van der Waals surface area contributed by atoms with Gasteiger partial charge in [0.05, 0.1) is 0 Å². The average molecular weight is 112 g/mol. The van der Waals surface area contributed by atoms with Gasteiger partial charge in [-0.3, -0.25) is 0 Å². The summed E-state index contributed by atoms with van der Waals surface area (Å²) in [5.41, 5.74) is 5.45. The van der Waals surface area contributed by atoms with Gasteiger partial charge in [-0.25, -0.2) is 6.42 Å². The standard InChI is InChI=1S/C7H14N/c1-5-3-7(5)6(2)4-8/h5-6H,3-4,8H2,1-2H3/q-1. The van der Waals surface area contributed by atoms with E-state index in [1.54, 1.807) is 5.92 Å². The van der Waals surface area contributed by atoms with E-state index in [-0.39, 0.29) is 0 Å². The number of nitrogens with two attached hydrogens (primary N) is 1. The minimum atomic E-state index is 0.685. The molecule has 1 fully saturated rings. The van der Waals surface area contributed by atoms with Crippen molar-refractivity contribution in [1.82, 2.24) is 0 Å². The summed E-state index contributed by atoms with van der Waals surface area (Å²) < 4.78 is 0. The normalized spacial score (nSPS) is 32.6. The molecule has 48 valence electrons. The third-order valence-corrected chi connectivity index (χ3v) is 2.00. The molecule has 8 heavy (non-hydrogen) atoms. The van der Waals surface area contributed by atoms with Crippen LogP contribution in [0.2, 0.25) is 0 Å². The lowest BCUT2D eigenvalue weighted by Gasteiger charge is -2.17. The summed E-state index contributed by atoms with van der Waals surface area (Å²) in [7, 11) is 0. The molecule has 2 atom stereocenters. The zero-order valence-corrected chi connectivity index (χ0v) is 5.65. The highest BCUT2D eigenvalue weighted by molar-refractivity contribution is 5.14. The van der Waals surface area contributed by atoms with Gasteiger partial charge in [0.25, 0.3) is 0 Å². The third kappa shape index (κ3) is 1.03. The predicted octanol–water partition coefficient (Wildman–Crippen LogP) is 1.20. The molecule has 1 nitrogen and oxygen atoms in total. The lowest BCUT2D eigenvalue weighted by Crippen LogP contribution is -2.11. The van der Waals surface area contributed by atoms with Crippen molar-refractivity contribution in [2.24, 2.45) is 17.6 Å². The van der Waals surface area contributed by atoms with Crippen molar-refractivity contribution in [1.29, 1.82) is 0 Å². The first-order valence-corrected chi connectivity index (χ1v) is 3.31. The Morgan fingerprint density at radius 1 is 1.88 bits per heavy atom. The highest BCUT2D eigenvalue weighted by Crippen LogP contribution is 2.45. The lowest BCUT2D eigenvalue weighted by molar-refractivity contribution is 0.650. The van der Waals surface area contributed by atoms with Crippen LogP contribution in [0.4, 0.5) is 0 Å². The first-order chi connectivity index (χ1) is 3.75. The molecule has 0 saturated heterocycles. The second-order valence-electron chi connectivity index (χ2n) is 2.82. The van der Waals surface area contributed by atoms with Crippen molar-refractivity contribution >= 4 is 0 Å². The molecule has 0 aliphatic heterocycles. The van der Waals surface area contributed by atoms with Crippen molar-refractivity contribution < 1.29 is 0 Å². The molecule has 1 heteroatoms. The molecule has 1 aliphatic carbocycles. The van der Waals surface area contributed by atoms with Crippen LogP contribution in [0.5, 0.6) is 0 Å². The van der Waals surface area contributed by atoms with Crippen molar-refractivity contribution in [3.05, 3.63) is 5.92 Å². The Hall–Kier alpha value is -0.0400. The Morgan fingerprint density at radius 3 is 2.50 bits per heavy atom. The van der Waals surface area contributed by atoms with Gasteiger partial charge in [0, 0.05) is 0 Å². The van der Waals surface area contributed by atoms with E-state index in [1.807, 2.05) is 0 Å². The summed E-state index contributed by atoms with van der Waals surface area (Å²) in [5.74, 6) is 3.24. The van der Waals surface area contributed by atoms with Gasteiger partial charge in [0.1, 0.15) is 0 Å². The van der Waals surface area contributed by atoms with E-state index < -0.39 is 0 Å². The summed E-state index contributed by atoms with van der Waals surface area (Å²) in [5, 5.41) is 0. The first kappa shape index (κ1) is 6.09. The van der Waals surface area contributed by atoms with Crippen molar-refractivity contribution in [3.8, 4) is 0 Å². The molecule has 0 aromatic carbocycles. The first-order valence-electron chi connectivity index (χ1n) is 3.31. The Kier molecular flexibility index (Phi) is 1.57. The molecule has 0 radical (unpaired) electrons. The maximum atomic E-state index is 5.45. The summed E-state index contributed by atoms with van der Waals surface area (Å²) >= 11 is 0. The van der Waals surface area contributed by atoms with E-state index in [4.69, 9.17) is 5.73 Å². The minimum absolute atomic E-state index is 0.685. The van der Waals surface area contributed by atoms with Crippen molar-refractivity contribution in [2.45, 2.75) is 20.3 Å². The summed E-state index contributed by atoms with van der Waals surface area (Å²) in [6.07, 6.45) is 1.33. The van der Waals surface area contributed by atoms with Crippen LogP contribution in [-0.4, -0.2) is 6.54 Å². The molecule has 1 saturated carbocycles. The van der Waals surface area contributed by atoms with Crippen LogP contribution >= 0.6 is 0 Å². The Bertz CT molecular complexity index is 78.5. The Morgan fingerprint density at radius 2 is 2.38 bits per heavy atom. The fourth-order valence-corrected chi connectivity index (χ4v) is 1.13. The molecule has 0 aromatic rings. The van der Waals surface area contributed by atoms with E-state index in [1.165, 1.54) is 6.42 Å². The Labute approximate surface area is 51.3 Å². The number of rotatable bonds is 2. The summed E-state index contributed by atoms with van der Waals surface area (Å²) in [6, 6.07) is 0. The monoisotopic (exact) mass is 112 g/mol. The maximum Gasteiger partial charge on any atom is -0.0321 e. The van der Waals surface area contributed by atoms with Gasteiger partial charge >= 0.3 is 0 Å². The van der Waals surface area contributed by atoms with Gasteiger partial charge in [-0.15, -0.1) is 0 Å². The van der Waals surface area contributed by atoms with Gasteiger partial charge in [-0.05, 0) is 6.54 Å². The van der Waals surface area contributed by atoms with Gasteiger partial charge in [0.2, 0.25) is 0 Å². The molecule has 0 spiro atoms. The summed E-state index contributed by atoms with van der Waals surface area (Å²) in [6.45, 7) is 5.31. The molecule has 0 amide bonds. The predicted molar refractivity (Wildman–Crippen MR) is 35.2 cm³/mol. The van der Waals surface area contributed by atoms with Crippen LogP contribution < -0.4 is 5.73 Å². The highest BCUT2D eigenvalue weighted by atomic mass is 14.6. The van der Waals surface area contributed by atoms with Crippen LogP contribution in [0.1, 0.15) is 20.3 Å². The minimum Gasteiger partial charge on any atom is -0.333 e. The molecule has 1 aliphatic rings. The molecule has 2 unspecified atom stereocenters. The molecular formula is C7H14N-. The van der Waals surface area contributed by atoms with Gasteiger partial charge in [0.15, 0.2) is 0 Å². The lowest BCUT2D eigenvalue weighted by atomic mass is 10.1. The topological polar surface area (TPSA) is 26.0 Å². The smallest absolute Gasteiger partial charge is 0.0321 e. The molecular weight excluding hydrogens is 98.1 g/mol. The quantitative estimate of drug-likeness (QED) is 0.534. The van der Waals surface area contributed by atoms with Gasteiger partial charge < -0.3 is 11.7 Å².